The first kappa shape index (κ1) is 32.2. The second-order valence-corrected chi connectivity index (χ2v) is 20.8. The van der Waals surface area contributed by atoms with Crippen LogP contribution in [0, 0.1) is 0 Å². The Labute approximate surface area is 324 Å². The second-order valence-electron chi connectivity index (χ2n) is 16.5. The maximum atomic E-state index is 2.60. The second kappa shape index (κ2) is 11.6. The molecule has 9 aromatic carbocycles. The van der Waals surface area contributed by atoms with Gasteiger partial charge in [-0.05, 0) is 101 Å². The van der Waals surface area contributed by atoms with E-state index >= 15 is 0 Å². The number of rotatable bonds is 3. The van der Waals surface area contributed by atoms with Crippen LogP contribution in [0.3, 0.4) is 0 Å². The van der Waals surface area contributed by atoms with E-state index < -0.39 is 8.07 Å². The molecular formula is C53H41NSi. The van der Waals surface area contributed by atoms with E-state index in [4.69, 9.17) is 0 Å². The van der Waals surface area contributed by atoms with E-state index in [2.05, 4.69) is 208 Å². The van der Waals surface area contributed by atoms with Crippen molar-refractivity contribution in [1.82, 2.24) is 0 Å². The molecule has 2 heteroatoms. The lowest BCUT2D eigenvalue weighted by molar-refractivity contribution is 0.660. The average molecular weight is 720 g/mol. The molecule has 0 saturated heterocycles. The van der Waals surface area contributed by atoms with Gasteiger partial charge in [0.1, 0.15) is 8.07 Å². The molecule has 0 aromatic heterocycles. The molecule has 0 bridgehead atoms. The molecule has 1 nitrogen and oxygen atoms in total. The molecule has 55 heavy (non-hydrogen) atoms. The van der Waals surface area contributed by atoms with Gasteiger partial charge in [0.15, 0.2) is 0 Å². The summed E-state index contributed by atoms with van der Waals surface area (Å²) in [4.78, 5) is 2.60. The molecule has 0 atom stereocenters. The van der Waals surface area contributed by atoms with Gasteiger partial charge in [0.25, 0.3) is 0 Å². The van der Waals surface area contributed by atoms with Gasteiger partial charge in [-0.1, -0.05) is 179 Å². The number of fused-ring (bicyclic) bond motifs is 8. The van der Waals surface area contributed by atoms with Crippen LogP contribution in [0.5, 0.6) is 0 Å². The zero-order valence-electron chi connectivity index (χ0n) is 31.7. The van der Waals surface area contributed by atoms with Crippen molar-refractivity contribution in [2.75, 3.05) is 4.90 Å². The molecule has 0 unspecified atom stereocenters. The minimum atomic E-state index is -1.98. The highest BCUT2D eigenvalue weighted by Crippen LogP contribution is 2.56. The molecule has 0 N–H and O–H groups in total. The highest BCUT2D eigenvalue weighted by molar-refractivity contribution is 7.02. The third-order valence-corrected chi connectivity index (χ3v) is 16.4. The third-order valence-electron chi connectivity index (χ3n) is 12.8. The van der Waals surface area contributed by atoms with E-state index in [1.807, 2.05) is 0 Å². The van der Waals surface area contributed by atoms with Gasteiger partial charge in [0.2, 0.25) is 0 Å². The Morgan fingerprint density at radius 2 is 0.982 bits per heavy atom. The first-order valence-corrected chi connectivity index (χ1v) is 22.5. The zero-order chi connectivity index (χ0) is 37.1. The maximum Gasteiger partial charge on any atom is 0.117 e. The van der Waals surface area contributed by atoms with Crippen LogP contribution in [-0.2, 0) is 5.41 Å². The fourth-order valence-corrected chi connectivity index (χ4v) is 13.1. The Bertz CT molecular complexity index is 3010. The van der Waals surface area contributed by atoms with Crippen LogP contribution in [0.15, 0.2) is 176 Å². The van der Waals surface area contributed by atoms with Crippen LogP contribution in [0.4, 0.5) is 17.1 Å². The van der Waals surface area contributed by atoms with E-state index in [1.54, 1.807) is 0 Å². The lowest BCUT2D eigenvalue weighted by atomic mass is 9.81. The quantitative estimate of drug-likeness (QED) is 0.130. The van der Waals surface area contributed by atoms with Crippen LogP contribution in [0.1, 0.15) is 25.0 Å². The first-order chi connectivity index (χ1) is 26.8. The van der Waals surface area contributed by atoms with E-state index in [-0.39, 0.29) is 5.41 Å². The third kappa shape index (κ3) is 4.52. The molecule has 0 fully saturated rings. The Morgan fingerprint density at radius 1 is 0.418 bits per heavy atom. The SMILES string of the molecule is CC1(C)c2ccccc2-c2c(-c3c4ccccc4c(N4c5ccccc5[Si](C)(C)c5ccccc54)c4ccc(-c5ccc6ccccc6c5)cc34)cccc21. The summed E-state index contributed by atoms with van der Waals surface area (Å²) >= 11 is 0. The van der Waals surface area contributed by atoms with Crippen molar-refractivity contribution in [2.24, 2.45) is 0 Å². The zero-order valence-corrected chi connectivity index (χ0v) is 32.7. The van der Waals surface area contributed by atoms with Crippen LogP contribution in [0.2, 0.25) is 13.1 Å². The van der Waals surface area contributed by atoms with E-state index in [0.717, 1.165) is 0 Å². The van der Waals surface area contributed by atoms with E-state index in [9.17, 15) is 0 Å². The molecule has 2 aliphatic rings. The summed E-state index contributed by atoms with van der Waals surface area (Å²) in [6.45, 7) is 9.78. The lowest BCUT2D eigenvalue weighted by Crippen LogP contribution is -2.58. The lowest BCUT2D eigenvalue weighted by Gasteiger charge is -2.42. The van der Waals surface area contributed by atoms with Gasteiger partial charge in [0, 0.05) is 27.6 Å². The number of hydrogen-bond acceptors (Lipinski definition) is 1. The number of benzene rings is 9. The molecule has 0 saturated carbocycles. The highest BCUT2D eigenvalue weighted by Gasteiger charge is 2.40. The standard InChI is InChI=1S/C53H41NSi/c1-53(2)44-22-10-9-20-41(44)51-42(21-15-23-45(51)53)50-38-18-7-8-19-39(38)52(54-46-24-11-13-26-48(46)55(3,4)49-27-14-12-25-47(49)54)40-31-30-37(33-43(40)50)36-29-28-34-16-5-6-17-35(34)32-36/h5-33H,1-4H3. The molecule has 0 amide bonds. The maximum absolute atomic E-state index is 2.60. The summed E-state index contributed by atoms with van der Waals surface area (Å²) in [5.74, 6) is 0. The number of para-hydroxylation sites is 2. The molecule has 11 rings (SSSR count). The summed E-state index contributed by atoms with van der Waals surface area (Å²) in [6.07, 6.45) is 0. The Kier molecular flexibility index (Phi) is 6.82. The first-order valence-electron chi connectivity index (χ1n) is 19.5. The number of nitrogens with zero attached hydrogens (tertiary/aromatic N) is 1. The summed E-state index contributed by atoms with van der Waals surface area (Å²) in [5.41, 5.74) is 14.3. The van der Waals surface area contributed by atoms with Crippen molar-refractivity contribution in [3.05, 3.63) is 187 Å². The minimum absolute atomic E-state index is 0.0956. The van der Waals surface area contributed by atoms with Crippen molar-refractivity contribution in [2.45, 2.75) is 32.4 Å². The van der Waals surface area contributed by atoms with Crippen LogP contribution >= 0.6 is 0 Å². The van der Waals surface area contributed by atoms with Crippen molar-refractivity contribution < 1.29 is 0 Å². The normalized spacial score (nSPS) is 14.8. The van der Waals surface area contributed by atoms with Crippen LogP contribution in [-0.4, -0.2) is 8.07 Å². The minimum Gasteiger partial charge on any atom is -0.309 e. The van der Waals surface area contributed by atoms with Crippen LogP contribution < -0.4 is 15.3 Å². The molecular weight excluding hydrogens is 679 g/mol. The summed E-state index contributed by atoms with van der Waals surface area (Å²) in [6, 6.07) is 66.4. The summed E-state index contributed by atoms with van der Waals surface area (Å²) in [5, 5.41) is 10.5. The highest BCUT2D eigenvalue weighted by atomic mass is 28.3. The Hall–Kier alpha value is -6.22. The molecule has 0 radical (unpaired) electrons. The van der Waals surface area contributed by atoms with Gasteiger partial charge < -0.3 is 4.90 Å². The van der Waals surface area contributed by atoms with Gasteiger partial charge in [-0.15, -0.1) is 0 Å². The Balaban J connectivity index is 1.29. The summed E-state index contributed by atoms with van der Waals surface area (Å²) < 4.78 is 0. The molecule has 0 spiro atoms. The van der Waals surface area contributed by atoms with Gasteiger partial charge in [-0.3, -0.25) is 0 Å². The van der Waals surface area contributed by atoms with Crippen molar-refractivity contribution >= 4 is 67.8 Å². The van der Waals surface area contributed by atoms with E-state index in [0.29, 0.717) is 0 Å². The van der Waals surface area contributed by atoms with E-state index in [1.165, 1.54) is 104 Å². The molecule has 1 aliphatic heterocycles. The van der Waals surface area contributed by atoms with Crippen molar-refractivity contribution in [1.29, 1.82) is 0 Å². The van der Waals surface area contributed by atoms with Crippen molar-refractivity contribution in [3.8, 4) is 33.4 Å². The van der Waals surface area contributed by atoms with Gasteiger partial charge in [-0.2, -0.15) is 0 Å². The molecule has 9 aromatic rings. The Morgan fingerprint density at radius 3 is 1.76 bits per heavy atom. The monoisotopic (exact) mass is 719 g/mol. The predicted molar refractivity (Wildman–Crippen MR) is 239 cm³/mol. The summed E-state index contributed by atoms with van der Waals surface area (Å²) in [7, 11) is -1.98. The topological polar surface area (TPSA) is 3.24 Å². The van der Waals surface area contributed by atoms with Crippen LogP contribution in [0.25, 0.3) is 65.7 Å². The average Bonchev–Trinajstić information content (AvgIpc) is 3.46. The molecule has 1 heterocycles. The fourth-order valence-electron chi connectivity index (χ4n) is 10.1. The smallest absolute Gasteiger partial charge is 0.117 e. The van der Waals surface area contributed by atoms with Crippen molar-refractivity contribution in [3.63, 3.8) is 0 Å². The predicted octanol–water partition coefficient (Wildman–Crippen LogP) is 13.4. The van der Waals surface area contributed by atoms with Gasteiger partial charge in [-0.25, -0.2) is 0 Å². The number of hydrogen-bond donors (Lipinski definition) is 0. The fraction of sp³-hybridized carbons (Fsp3) is 0.0943. The largest absolute Gasteiger partial charge is 0.309 e. The molecule has 262 valence electrons. The number of anilines is 3. The van der Waals surface area contributed by atoms with Gasteiger partial charge in [0.05, 0.1) is 5.69 Å². The molecule has 1 aliphatic carbocycles. The van der Waals surface area contributed by atoms with Gasteiger partial charge >= 0.3 is 0 Å².